The third-order valence-corrected chi connectivity index (χ3v) is 2.44. The second-order valence-corrected chi connectivity index (χ2v) is 4.22. The lowest BCUT2D eigenvalue weighted by molar-refractivity contribution is -0.147. The third kappa shape index (κ3) is 5.74. The van der Waals surface area contributed by atoms with E-state index in [0.717, 1.165) is 32.4 Å². The summed E-state index contributed by atoms with van der Waals surface area (Å²) in [5, 5.41) is 0. The molecule has 1 aliphatic heterocycles. The minimum Gasteiger partial charge on any atom is -0.463 e. The molecule has 88 valence electrons. The summed E-state index contributed by atoms with van der Waals surface area (Å²) >= 11 is 0. The molecule has 1 rings (SSSR count). The van der Waals surface area contributed by atoms with Crippen molar-refractivity contribution in [2.24, 2.45) is 0 Å². The molecule has 0 aromatic carbocycles. The molecule has 0 aromatic rings. The lowest BCUT2D eigenvalue weighted by Gasteiger charge is -2.11. The van der Waals surface area contributed by atoms with Crippen LogP contribution in [-0.4, -0.2) is 50.8 Å². The number of hydrogen-bond acceptors (Lipinski definition) is 4. The first-order chi connectivity index (χ1) is 7.18. The van der Waals surface area contributed by atoms with Crippen LogP contribution in [0.5, 0.6) is 0 Å². The third-order valence-electron chi connectivity index (χ3n) is 2.44. The molecule has 0 saturated carbocycles. The van der Waals surface area contributed by atoms with E-state index in [9.17, 15) is 4.79 Å². The Bertz CT molecular complexity index is 188. The van der Waals surface area contributed by atoms with Crippen molar-refractivity contribution < 1.29 is 14.3 Å². The molecule has 4 heteroatoms. The Morgan fingerprint density at radius 3 is 2.93 bits per heavy atom. The highest BCUT2D eigenvalue weighted by atomic mass is 16.6. The number of nitrogens with zero attached hydrogens (tertiary/aromatic N) is 1. The highest BCUT2D eigenvalue weighted by molar-refractivity contribution is 5.69. The minimum atomic E-state index is -0.104. The minimum absolute atomic E-state index is 0.104. The molecule has 1 saturated heterocycles. The summed E-state index contributed by atoms with van der Waals surface area (Å²) in [6.45, 7) is 2.17. The van der Waals surface area contributed by atoms with Crippen LogP contribution in [0.25, 0.3) is 0 Å². The Morgan fingerprint density at radius 2 is 2.33 bits per heavy atom. The molecule has 15 heavy (non-hydrogen) atoms. The molecule has 1 aliphatic rings. The zero-order chi connectivity index (χ0) is 11.1. The van der Waals surface area contributed by atoms with Crippen molar-refractivity contribution in [2.45, 2.75) is 31.8 Å². The molecule has 0 bridgehead atoms. The van der Waals surface area contributed by atoms with E-state index in [1.54, 1.807) is 0 Å². The van der Waals surface area contributed by atoms with Crippen molar-refractivity contribution >= 4 is 5.97 Å². The largest absolute Gasteiger partial charge is 0.463 e. The fraction of sp³-hybridized carbons (Fsp3) is 0.909. The van der Waals surface area contributed by atoms with Gasteiger partial charge in [-0.25, -0.2) is 0 Å². The van der Waals surface area contributed by atoms with Gasteiger partial charge in [0, 0.05) is 13.0 Å². The van der Waals surface area contributed by atoms with Crippen LogP contribution < -0.4 is 0 Å². The molecule has 0 radical (unpaired) electrons. The molecule has 4 nitrogen and oxygen atoms in total. The molecule has 1 atom stereocenters. The Hall–Kier alpha value is -0.610. The number of ether oxygens (including phenoxy) is 2. The van der Waals surface area contributed by atoms with Crippen LogP contribution in [0, 0.1) is 0 Å². The number of hydrogen-bond donors (Lipinski definition) is 0. The van der Waals surface area contributed by atoms with Crippen molar-refractivity contribution in [3.63, 3.8) is 0 Å². The van der Waals surface area contributed by atoms with Crippen molar-refractivity contribution in [3.05, 3.63) is 0 Å². The van der Waals surface area contributed by atoms with E-state index < -0.39 is 0 Å². The highest BCUT2D eigenvalue weighted by Gasteiger charge is 2.17. The molecule has 0 unspecified atom stereocenters. The standard InChI is InChI=1S/C11H21NO3/c1-12(2)7-3-6-11(13)15-9-10-5-4-8-14-10/h10H,3-9H2,1-2H3/t10-/m0/s1. The maximum absolute atomic E-state index is 11.3. The van der Waals surface area contributed by atoms with Gasteiger partial charge < -0.3 is 14.4 Å². The summed E-state index contributed by atoms with van der Waals surface area (Å²) < 4.78 is 10.5. The molecule has 1 fully saturated rings. The zero-order valence-electron chi connectivity index (χ0n) is 9.70. The zero-order valence-corrected chi connectivity index (χ0v) is 9.70. The fourth-order valence-corrected chi connectivity index (χ4v) is 1.57. The van der Waals surface area contributed by atoms with E-state index in [-0.39, 0.29) is 12.1 Å². The number of rotatable bonds is 6. The molecule has 0 spiro atoms. The fourth-order valence-electron chi connectivity index (χ4n) is 1.57. The smallest absolute Gasteiger partial charge is 0.305 e. The van der Waals surface area contributed by atoms with E-state index in [0.29, 0.717) is 13.0 Å². The van der Waals surface area contributed by atoms with Gasteiger partial charge in [0.05, 0.1) is 6.10 Å². The molecule has 0 aromatic heterocycles. The van der Waals surface area contributed by atoms with Crippen LogP contribution in [0.2, 0.25) is 0 Å². The van der Waals surface area contributed by atoms with Crippen LogP contribution in [0.4, 0.5) is 0 Å². The Balaban J connectivity index is 1.98. The topological polar surface area (TPSA) is 38.8 Å². The Labute approximate surface area is 91.5 Å². The van der Waals surface area contributed by atoms with E-state index in [2.05, 4.69) is 4.90 Å². The summed E-state index contributed by atoms with van der Waals surface area (Å²) in [5.74, 6) is -0.104. The molecular weight excluding hydrogens is 194 g/mol. The summed E-state index contributed by atoms with van der Waals surface area (Å²) in [6, 6.07) is 0. The molecule has 1 heterocycles. The maximum atomic E-state index is 11.3. The van der Waals surface area contributed by atoms with Gasteiger partial charge >= 0.3 is 5.97 Å². The van der Waals surface area contributed by atoms with Crippen LogP contribution in [-0.2, 0) is 14.3 Å². The number of carbonyl (C=O) groups is 1. The van der Waals surface area contributed by atoms with Crippen LogP contribution in [0.1, 0.15) is 25.7 Å². The SMILES string of the molecule is CN(C)CCCC(=O)OC[C@@H]1CCCO1. The molecule has 0 aliphatic carbocycles. The number of esters is 1. The highest BCUT2D eigenvalue weighted by Crippen LogP contribution is 2.12. The van der Waals surface area contributed by atoms with Crippen molar-refractivity contribution in [3.8, 4) is 0 Å². The average Bonchev–Trinajstić information content (AvgIpc) is 2.66. The lowest BCUT2D eigenvalue weighted by Crippen LogP contribution is -2.19. The van der Waals surface area contributed by atoms with Crippen molar-refractivity contribution in [1.29, 1.82) is 0 Å². The van der Waals surface area contributed by atoms with Gasteiger partial charge in [0.2, 0.25) is 0 Å². The normalized spacial score (nSPS) is 20.9. The van der Waals surface area contributed by atoms with E-state index in [4.69, 9.17) is 9.47 Å². The summed E-state index contributed by atoms with van der Waals surface area (Å²) in [7, 11) is 4.00. The first-order valence-electron chi connectivity index (χ1n) is 5.60. The van der Waals surface area contributed by atoms with Gasteiger partial charge in [-0.1, -0.05) is 0 Å². The van der Waals surface area contributed by atoms with E-state index in [1.165, 1.54) is 0 Å². The quantitative estimate of drug-likeness (QED) is 0.621. The van der Waals surface area contributed by atoms with Gasteiger partial charge in [-0.3, -0.25) is 4.79 Å². The first-order valence-corrected chi connectivity index (χ1v) is 5.60. The van der Waals surface area contributed by atoms with Gasteiger partial charge in [0.15, 0.2) is 0 Å². The summed E-state index contributed by atoms with van der Waals surface area (Å²) in [5.41, 5.74) is 0. The second-order valence-electron chi connectivity index (χ2n) is 4.22. The van der Waals surface area contributed by atoms with Gasteiger partial charge in [0.1, 0.15) is 6.61 Å². The maximum Gasteiger partial charge on any atom is 0.305 e. The number of carbonyl (C=O) groups excluding carboxylic acids is 1. The van der Waals surface area contributed by atoms with Crippen molar-refractivity contribution in [1.82, 2.24) is 4.90 Å². The van der Waals surface area contributed by atoms with Gasteiger partial charge in [-0.15, -0.1) is 0 Å². The van der Waals surface area contributed by atoms with Gasteiger partial charge in [-0.2, -0.15) is 0 Å². The van der Waals surface area contributed by atoms with Gasteiger partial charge in [-0.05, 0) is 39.9 Å². The Kier molecular flexibility index (Phi) is 5.65. The van der Waals surface area contributed by atoms with Crippen LogP contribution in [0.3, 0.4) is 0 Å². The lowest BCUT2D eigenvalue weighted by atomic mass is 10.2. The van der Waals surface area contributed by atoms with Gasteiger partial charge in [0.25, 0.3) is 0 Å². The summed E-state index contributed by atoms with van der Waals surface area (Å²) in [6.07, 6.45) is 3.61. The van der Waals surface area contributed by atoms with E-state index >= 15 is 0 Å². The molecule has 0 amide bonds. The first kappa shape index (κ1) is 12.5. The monoisotopic (exact) mass is 215 g/mol. The van der Waals surface area contributed by atoms with Crippen molar-refractivity contribution in [2.75, 3.05) is 33.9 Å². The summed E-state index contributed by atoms with van der Waals surface area (Å²) in [4.78, 5) is 13.3. The molecule has 0 N–H and O–H groups in total. The Morgan fingerprint density at radius 1 is 1.53 bits per heavy atom. The average molecular weight is 215 g/mol. The van der Waals surface area contributed by atoms with Crippen LogP contribution in [0.15, 0.2) is 0 Å². The van der Waals surface area contributed by atoms with Crippen LogP contribution >= 0.6 is 0 Å². The molecular formula is C11H21NO3. The predicted octanol–water partition coefficient (Wildman–Crippen LogP) is 1.05. The predicted molar refractivity (Wildman–Crippen MR) is 57.7 cm³/mol. The van der Waals surface area contributed by atoms with E-state index in [1.807, 2.05) is 14.1 Å². The second kappa shape index (κ2) is 6.80.